The number of nitrogens with zero attached hydrogens (tertiary/aromatic N) is 5. The summed E-state index contributed by atoms with van der Waals surface area (Å²) < 4.78 is 0. The van der Waals surface area contributed by atoms with Gasteiger partial charge in [-0.25, -0.2) is 0 Å². The Morgan fingerprint density at radius 2 is 1.90 bits per heavy atom. The average Bonchev–Trinajstić information content (AvgIpc) is 2.74. The van der Waals surface area contributed by atoms with Gasteiger partial charge in [0.15, 0.2) is 5.82 Å². The van der Waals surface area contributed by atoms with Crippen LogP contribution in [0.3, 0.4) is 0 Å². The third kappa shape index (κ3) is 2.74. The number of rotatable bonds is 2. The van der Waals surface area contributed by atoms with E-state index in [1.807, 2.05) is 20.8 Å². The summed E-state index contributed by atoms with van der Waals surface area (Å²) in [5.41, 5.74) is -1.31. The van der Waals surface area contributed by atoms with Crippen LogP contribution in [-0.2, 0) is 23.2 Å². The SMILES string of the molecule is Cn1nnc(CN2C(=O)C(C(C)(C)C)NC(=O)C2(C)C)n1. The molecule has 1 aliphatic heterocycles. The molecule has 21 heavy (non-hydrogen) atoms. The van der Waals surface area contributed by atoms with Gasteiger partial charge >= 0.3 is 0 Å². The van der Waals surface area contributed by atoms with Crippen molar-refractivity contribution in [3.8, 4) is 0 Å². The Labute approximate surface area is 123 Å². The van der Waals surface area contributed by atoms with Gasteiger partial charge in [-0.3, -0.25) is 9.59 Å². The number of aromatic nitrogens is 4. The molecule has 0 radical (unpaired) electrons. The minimum Gasteiger partial charge on any atom is -0.342 e. The number of nitrogens with one attached hydrogen (secondary N) is 1. The quantitative estimate of drug-likeness (QED) is 0.819. The molecule has 1 aromatic rings. The van der Waals surface area contributed by atoms with Gasteiger partial charge in [-0.1, -0.05) is 20.8 Å². The summed E-state index contributed by atoms with van der Waals surface area (Å²) in [7, 11) is 1.66. The Balaban J connectivity index is 2.34. The van der Waals surface area contributed by atoms with Gasteiger partial charge < -0.3 is 10.2 Å². The maximum Gasteiger partial charge on any atom is 0.246 e. The summed E-state index contributed by atoms with van der Waals surface area (Å²) in [6.07, 6.45) is 0. The number of amides is 2. The van der Waals surface area contributed by atoms with Crippen LogP contribution in [0.15, 0.2) is 0 Å². The first-order valence-electron chi connectivity index (χ1n) is 6.89. The highest BCUT2D eigenvalue weighted by Crippen LogP contribution is 2.30. The molecule has 2 rings (SSSR count). The van der Waals surface area contributed by atoms with E-state index in [1.165, 1.54) is 9.70 Å². The molecular weight excluding hydrogens is 272 g/mol. The molecule has 1 aromatic heterocycles. The molecule has 0 spiro atoms. The summed E-state index contributed by atoms with van der Waals surface area (Å²) in [6, 6.07) is -0.560. The van der Waals surface area contributed by atoms with Crippen LogP contribution in [0.4, 0.5) is 0 Å². The van der Waals surface area contributed by atoms with Gasteiger partial charge in [-0.15, -0.1) is 10.2 Å². The summed E-state index contributed by atoms with van der Waals surface area (Å²) >= 11 is 0. The summed E-state index contributed by atoms with van der Waals surface area (Å²) in [6.45, 7) is 9.37. The number of hydrogen-bond donors (Lipinski definition) is 1. The second kappa shape index (κ2) is 4.78. The molecule has 1 aliphatic rings. The molecular formula is C13H22N6O2. The van der Waals surface area contributed by atoms with E-state index in [2.05, 4.69) is 20.7 Å². The molecule has 8 nitrogen and oxygen atoms in total. The Bertz CT molecular complexity index is 571. The third-order valence-corrected chi connectivity index (χ3v) is 3.73. The molecule has 8 heteroatoms. The van der Waals surface area contributed by atoms with Crippen LogP contribution in [-0.4, -0.2) is 48.5 Å². The minimum absolute atomic E-state index is 0.125. The maximum absolute atomic E-state index is 12.8. The molecule has 0 bridgehead atoms. The van der Waals surface area contributed by atoms with E-state index in [0.29, 0.717) is 5.82 Å². The zero-order chi connectivity index (χ0) is 16.0. The molecule has 1 N–H and O–H groups in total. The van der Waals surface area contributed by atoms with Gasteiger partial charge in [0.1, 0.15) is 11.6 Å². The van der Waals surface area contributed by atoms with Crippen LogP contribution in [0.5, 0.6) is 0 Å². The van der Waals surface area contributed by atoms with Gasteiger partial charge in [0.05, 0.1) is 13.6 Å². The first-order valence-corrected chi connectivity index (χ1v) is 6.89. The molecule has 2 amide bonds. The molecule has 0 saturated carbocycles. The molecule has 1 atom stereocenters. The van der Waals surface area contributed by atoms with Crippen molar-refractivity contribution in [2.75, 3.05) is 0 Å². The monoisotopic (exact) mass is 294 g/mol. The van der Waals surface area contributed by atoms with E-state index in [9.17, 15) is 9.59 Å². The van der Waals surface area contributed by atoms with Crippen molar-refractivity contribution in [3.05, 3.63) is 5.82 Å². The fourth-order valence-corrected chi connectivity index (χ4v) is 2.31. The Hall–Kier alpha value is -1.99. The average molecular weight is 294 g/mol. The van der Waals surface area contributed by atoms with Gasteiger partial charge in [0, 0.05) is 0 Å². The lowest BCUT2D eigenvalue weighted by molar-refractivity contribution is -0.159. The topological polar surface area (TPSA) is 93.0 Å². The van der Waals surface area contributed by atoms with Crippen LogP contribution >= 0.6 is 0 Å². The fraction of sp³-hybridized carbons (Fsp3) is 0.769. The highest BCUT2D eigenvalue weighted by Gasteiger charge is 2.49. The summed E-state index contributed by atoms with van der Waals surface area (Å²) in [5, 5.41) is 14.6. The first kappa shape index (κ1) is 15.4. The number of aryl methyl sites for hydroxylation is 1. The van der Waals surface area contributed by atoms with Crippen LogP contribution in [0, 0.1) is 5.41 Å². The summed E-state index contributed by atoms with van der Waals surface area (Å²) in [4.78, 5) is 28.0. The van der Waals surface area contributed by atoms with Crippen molar-refractivity contribution in [1.82, 2.24) is 30.4 Å². The van der Waals surface area contributed by atoms with Crippen molar-refractivity contribution in [2.45, 2.75) is 52.7 Å². The number of piperazine rings is 1. The van der Waals surface area contributed by atoms with E-state index in [1.54, 1.807) is 20.9 Å². The Morgan fingerprint density at radius 3 is 2.38 bits per heavy atom. The lowest BCUT2D eigenvalue weighted by atomic mass is 9.82. The van der Waals surface area contributed by atoms with Crippen LogP contribution in [0.1, 0.15) is 40.4 Å². The van der Waals surface area contributed by atoms with Gasteiger partial charge in [0.25, 0.3) is 0 Å². The van der Waals surface area contributed by atoms with E-state index in [0.717, 1.165) is 0 Å². The van der Waals surface area contributed by atoms with Crippen molar-refractivity contribution in [1.29, 1.82) is 0 Å². The van der Waals surface area contributed by atoms with Crippen molar-refractivity contribution >= 4 is 11.8 Å². The number of tetrazole rings is 1. The van der Waals surface area contributed by atoms with E-state index in [-0.39, 0.29) is 23.8 Å². The van der Waals surface area contributed by atoms with Crippen molar-refractivity contribution in [2.24, 2.45) is 12.5 Å². The zero-order valence-electron chi connectivity index (χ0n) is 13.3. The smallest absolute Gasteiger partial charge is 0.246 e. The highest BCUT2D eigenvalue weighted by atomic mass is 16.2. The number of hydrogen-bond acceptors (Lipinski definition) is 5. The number of carbonyl (C=O) groups excluding carboxylic acids is 2. The van der Waals surface area contributed by atoms with E-state index < -0.39 is 11.6 Å². The maximum atomic E-state index is 12.8. The lowest BCUT2D eigenvalue weighted by Gasteiger charge is -2.47. The van der Waals surface area contributed by atoms with E-state index in [4.69, 9.17) is 0 Å². The van der Waals surface area contributed by atoms with Crippen LogP contribution in [0.25, 0.3) is 0 Å². The Kier molecular flexibility index (Phi) is 3.51. The molecule has 0 aromatic carbocycles. The second-order valence-corrected chi connectivity index (χ2v) is 6.95. The standard InChI is InChI=1S/C13H22N6O2/c1-12(2,3)9-10(20)19(13(4,5)11(21)14-9)7-8-15-17-18(6)16-8/h9H,7H2,1-6H3,(H,14,21). The number of carbonyl (C=O) groups is 2. The lowest BCUT2D eigenvalue weighted by Crippen LogP contribution is -2.70. The zero-order valence-corrected chi connectivity index (χ0v) is 13.3. The van der Waals surface area contributed by atoms with Gasteiger partial charge in [-0.05, 0) is 24.5 Å². The fourth-order valence-electron chi connectivity index (χ4n) is 2.31. The molecule has 0 aliphatic carbocycles. The predicted molar refractivity (Wildman–Crippen MR) is 74.8 cm³/mol. The van der Waals surface area contributed by atoms with Gasteiger partial charge in [-0.2, -0.15) is 4.80 Å². The molecule has 1 unspecified atom stereocenters. The highest BCUT2D eigenvalue weighted by molar-refractivity contribution is 5.99. The normalized spacial score (nSPS) is 22.4. The Morgan fingerprint density at radius 1 is 1.29 bits per heavy atom. The van der Waals surface area contributed by atoms with Crippen molar-refractivity contribution in [3.63, 3.8) is 0 Å². The molecule has 2 heterocycles. The third-order valence-electron chi connectivity index (χ3n) is 3.73. The molecule has 1 fully saturated rings. The minimum atomic E-state index is -0.946. The van der Waals surface area contributed by atoms with E-state index >= 15 is 0 Å². The molecule has 1 saturated heterocycles. The second-order valence-electron chi connectivity index (χ2n) is 6.95. The van der Waals surface area contributed by atoms with Crippen LogP contribution < -0.4 is 5.32 Å². The van der Waals surface area contributed by atoms with Crippen LogP contribution in [0.2, 0.25) is 0 Å². The largest absolute Gasteiger partial charge is 0.342 e. The van der Waals surface area contributed by atoms with Crippen molar-refractivity contribution < 1.29 is 9.59 Å². The predicted octanol–water partition coefficient (Wildman–Crippen LogP) is -0.138. The molecule has 116 valence electrons. The van der Waals surface area contributed by atoms with Gasteiger partial charge in [0.2, 0.25) is 11.8 Å². The first-order chi connectivity index (χ1) is 9.53. The summed E-state index contributed by atoms with van der Waals surface area (Å²) in [5.74, 6) is 0.117.